The first-order valence-corrected chi connectivity index (χ1v) is 8.35. The molecule has 0 aromatic carbocycles. The number of hydrogen-bond acceptors (Lipinski definition) is 3. The molecule has 2 N–H and O–H groups in total. The van der Waals surface area contributed by atoms with Gasteiger partial charge in [0.2, 0.25) is 0 Å². The fraction of sp³-hybridized carbons (Fsp3) is 0.583. The minimum absolute atomic E-state index is 0.0155. The predicted molar refractivity (Wildman–Crippen MR) is 80.1 cm³/mol. The van der Waals surface area contributed by atoms with Gasteiger partial charge >= 0.3 is 0 Å². The maximum atomic E-state index is 12.2. The van der Waals surface area contributed by atoms with Gasteiger partial charge in [0, 0.05) is 0 Å². The summed E-state index contributed by atoms with van der Waals surface area (Å²) in [5, 5.41) is 12.6. The maximum absolute atomic E-state index is 12.2. The highest BCUT2D eigenvalue weighted by Gasteiger charge is 2.33. The first-order chi connectivity index (χ1) is 8.56. The van der Waals surface area contributed by atoms with E-state index in [4.69, 9.17) is 0 Å². The van der Waals surface area contributed by atoms with E-state index in [1.54, 1.807) is 6.07 Å². The third-order valence-electron chi connectivity index (χ3n) is 3.39. The largest absolute Gasteiger partial charge is 0.394 e. The molecule has 1 aliphatic carbocycles. The number of rotatable bonds is 3. The average Bonchev–Trinajstić information content (AvgIpc) is 2.70. The van der Waals surface area contributed by atoms with Gasteiger partial charge in [-0.15, -0.1) is 11.3 Å². The van der Waals surface area contributed by atoms with E-state index in [9.17, 15) is 9.90 Å². The first kappa shape index (κ1) is 14.5. The Balaban J connectivity index is 2.12. The van der Waals surface area contributed by atoms with Crippen LogP contribution in [0.3, 0.4) is 0 Å². The molecule has 1 saturated carbocycles. The van der Waals surface area contributed by atoms with Crippen LogP contribution < -0.4 is 5.32 Å². The molecule has 1 fully saturated rings. The normalized spacial score (nSPS) is 18.6. The second kappa shape index (κ2) is 6.03. The van der Waals surface area contributed by atoms with Crippen LogP contribution in [0.4, 0.5) is 0 Å². The molecular formula is C12H15Br2NO2S. The summed E-state index contributed by atoms with van der Waals surface area (Å²) in [5.41, 5.74) is 0.202. The quantitative estimate of drug-likeness (QED) is 0.818. The molecule has 1 aromatic rings. The third-order valence-corrected chi connectivity index (χ3v) is 5.73. The van der Waals surface area contributed by atoms with Crippen LogP contribution in [0.15, 0.2) is 13.6 Å². The van der Waals surface area contributed by atoms with Crippen molar-refractivity contribution < 1.29 is 9.90 Å². The second-order valence-corrected chi connectivity index (χ2v) is 8.44. The van der Waals surface area contributed by atoms with Crippen molar-refractivity contribution in [2.24, 2.45) is 0 Å². The SMILES string of the molecule is O=C(NC1(CO)CCCCC1)c1cc(Br)sc1Br. The number of halogens is 2. The molecule has 18 heavy (non-hydrogen) atoms. The fourth-order valence-corrected chi connectivity index (χ4v) is 5.15. The molecule has 1 heterocycles. The third kappa shape index (κ3) is 3.15. The highest BCUT2D eigenvalue weighted by molar-refractivity contribution is 9.12. The Labute approximate surface area is 127 Å². The van der Waals surface area contributed by atoms with Gasteiger partial charge in [-0.05, 0) is 50.8 Å². The molecule has 0 aliphatic heterocycles. The Morgan fingerprint density at radius 3 is 2.56 bits per heavy atom. The Bertz CT molecular complexity index is 441. The average molecular weight is 397 g/mol. The number of carbonyl (C=O) groups excluding carboxylic acids is 1. The topological polar surface area (TPSA) is 49.3 Å². The van der Waals surface area contributed by atoms with Gasteiger partial charge in [0.15, 0.2) is 0 Å². The molecule has 0 spiro atoms. The number of nitrogens with one attached hydrogen (secondary N) is 1. The Hall–Kier alpha value is 0.0900. The van der Waals surface area contributed by atoms with E-state index in [2.05, 4.69) is 37.2 Å². The van der Waals surface area contributed by atoms with Gasteiger partial charge < -0.3 is 10.4 Å². The van der Waals surface area contributed by atoms with Crippen LogP contribution in [-0.4, -0.2) is 23.2 Å². The van der Waals surface area contributed by atoms with Gasteiger partial charge in [0.1, 0.15) is 0 Å². The van der Waals surface area contributed by atoms with Gasteiger partial charge in [-0.2, -0.15) is 0 Å². The van der Waals surface area contributed by atoms with Crippen LogP contribution in [0.25, 0.3) is 0 Å². The Morgan fingerprint density at radius 2 is 2.06 bits per heavy atom. The highest BCUT2D eigenvalue weighted by atomic mass is 79.9. The Kier molecular flexibility index (Phi) is 4.86. The lowest BCUT2D eigenvalue weighted by Crippen LogP contribution is -2.52. The van der Waals surface area contributed by atoms with E-state index in [0.717, 1.165) is 33.3 Å². The molecule has 0 saturated heterocycles. The minimum atomic E-state index is -0.427. The predicted octanol–water partition coefficient (Wildman–Crippen LogP) is 3.70. The summed E-state index contributed by atoms with van der Waals surface area (Å²) >= 11 is 8.23. The van der Waals surface area contributed by atoms with Crippen molar-refractivity contribution in [3.63, 3.8) is 0 Å². The number of thiophene rings is 1. The monoisotopic (exact) mass is 395 g/mol. The number of aliphatic hydroxyl groups excluding tert-OH is 1. The van der Waals surface area contributed by atoms with Crippen molar-refractivity contribution >= 4 is 49.1 Å². The van der Waals surface area contributed by atoms with E-state index in [-0.39, 0.29) is 12.5 Å². The lowest BCUT2D eigenvalue weighted by molar-refractivity contribution is 0.0758. The summed E-state index contributed by atoms with van der Waals surface area (Å²) in [5.74, 6) is -0.111. The van der Waals surface area contributed by atoms with Crippen molar-refractivity contribution in [2.75, 3.05) is 6.61 Å². The van der Waals surface area contributed by atoms with E-state index in [0.29, 0.717) is 5.56 Å². The standard InChI is InChI=1S/C12H15Br2NO2S/c13-9-6-8(10(14)18-9)11(17)15-12(7-16)4-2-1-3-5-12/h6,16H,1-5,7H2,(H,15,17). The highest BCUT2D eigenvalue weighted by Crippen LogP contribution is 2.33. The molecule has 3 nitrogen and oxygen atoms in total. The molecular weight excluding hydrogens is 382 g/mol. The molecule has 0 bridgehead atoms. The molecule has 0 radical (unpaired) electrons. The van der Waals surface area contributed by atoms with Gasteiger partial charge in [-0.1, -0.05) is 19.3 Å². The van der Waals surface area contributed by atoms with Gasteiger partial charge in [0.05, 0.1) is 25.3 Å². The zero-order chi connectivity index (χ0) is 13.2. The lowest BCUT2D eigenvalue weighted by Gasteiger charge is -2.36. The molecule has 1 aliphatic rings. The second-order valence-electron chi connectivity index (χ2n) is 4.69. The van der Waals surface area contributed by atoms with E-state index >= 15 is 0 Å². The number of amides is 1. The summed E-state index contributed by atoms with van der Waals surface area (Å²) in [4.78, 5) is 12.2. The maximum Gasteiger partial charge on any atom is 0.253 e. The summed E-state index contributed by atoms with van der Waals surface area (Å²) < 4.78 is 1.73. The molecule has 1 amide bonds. The van der Waals surface area contributed by atoms with Gasteiger partial charge in [-0.25, -0.2) is 0 Å². The minimum Gasteiger partial charge on any atom is -0.394 e. The molecule has 0 atom stereocenters. The van der Waals surface area contributed by atoms with Crippen LogP contribution in [0.5, 0.6) is 0 Å². The molecule has 100 valence electrons. The van der Waals surface area contributed by atoms with Gasteiger partial charge in [0.25, 0.3) is 5.91 Å². The fourth-order valence-electron chi connectivity index (χ4n) is 2.35. The van der Waals surface area contributed by atoms with E-state index in [1.807, 2.05) is 0 Å². The molecule has 6 heteroatoms. The lowest BCUT2D eigenvalue weighted by atomic mass is 9.82. The van der Waals surface area contributed by atoms with Crippen molar-refractivity contribution in [3.05, 3.63) is 19.2 Å². The van der Waals surface area contributed by atoms with Crippen molar-refractivity contribution in [3.8, 4) is 0 Å². The molecule has 2 rings (SSSR count). The zero-order valence-corrected chi connectivity index (χ0v) is 13.8. The van der Waals surface area contributed by atoms with Crippen LogP contribution in [0, 0.1) is 0 Å². The summed E-state index contributed by atoms with van der Waals surface area (Å²) in [6, 6.07) is 1.80. The summed E-state index contributed by atoms with van der Waals surface area (Å²) in [6.07, 6.45) is 5.03. The summed E-state index contributed by atoms with van der Waals surface area (Å²) in [6.45, 7) is 0.0155. The molecule has 1 aromatic heterocycles. The van der Waals surface area contributed by atoms with Crippen molar-refractivity contribution in [2.45, 2.75) is 37.6 Å². The number of carbonyl (C=O) groups is 1. The van der Waals surface area contributed by atoms with E-state index < -0.39 is 5.54 Å². The van der Waals surface area contributed by atoms with Crippen LogP contribution in [-0.2, 0) is 0 Å². The Morgan fingerprint density at radius 1 is 1.39 bits per heavy atom. The smallest absolute Gasteiger partial charge is 0.253 e. The van der Waals surface area contributed by atoms with Crippen LogP contribution >= 0.6 is 43.2 Å². The number of hydrogen-bond donors (Lipinski definition) is 2. The summed E-state index contributed by atoms with van der Waals surface area (Å²) in [7, 11) is 0. The zero-order valence-electron chi connectivity index (χ0n) is 9.84. The number of aliphatic hydroxyl groups is 1. The molecule has 0 unspecified atom stereocenters. The first-order valence-electron chi connectivity index (χ1n) is 5.94. The van der Waals surface area contributed by atoms with Crippen LogP contribution in [0.1, 0.15) is 42.5 Å². The van der Waals surface area contributed by atoms with Crippen molar-refractivity contribution in [1.29, 1.82) is 0 Å². The van der Waals surface area contributed by atoms with Gasteiger partial charge in [-0.3, -0.25) is 4.79 Å². The van der Waals surface area contributed by atoms with Crippen molar-refractivity contribution in [1.82, 2.24) is 5.32 Å². The van der Waals surface area contributed by atoms with E-state index in [1.165, 1.54) is 17.8 Å². The van der Waals surface area contributed by atoms with Crippen LogP contribution in [0.2, 0.25) is 0 Å².